The Kier molecular flexibility index (Phi) is 4.99. The smallest absolute Gasteiger partial charge is 0.208 e. The van der Waals surface area contributed by atoms with Crippen molar-refractivity contribution in [1.29, 1.82) is 0 Å². The van der Waals surface area contributed by atoms with Crippen molar-refractivity contribution in [3.63, 3.8) is 0 Å². The Balaban J connectivity index is 1.70. The van der Waals surface area contributed by atoms with E-state index in [0.29, 0.717) is 12.6 Å². The Hall–Kier alpha value is -0.730. The van der Waals surface area contributed by atoms with E-state index in [9.17, 15) is 8.42 Å². The largest absolute Gasteiger partial charge is 0.291 e. The summed E-state index contributed by atoms with van der Waals surface area (Å²) in [5.41, 5.74) is 1.43. The second-order valence-electron chi connectivity index (χ2n) is 5.52. The van der Waals surface area contributed by atoms with Gasteiger partial charge in [0.15, 0.2) is 0 Å². The van der Waals surface area contributed by atoms with Gasteiger partial charge < -0.3 is 0 Å². The van der Waals surface area contributed by atoms with Crippen molar-refractivity contribution in [3.05, 3.63) is 44.3 Å². The molecule has 0 fully saturated rings. The molecule has 22 heavy (non-hydrogen) atoms. The van der Waals surface area contributed by atoms with Gasteiger partial charge >= 0.3 is 0 Å². The first-order valence-corrected chi connectivity index (χ1v) is 11.0. The van der Waals surface area contributed by atoms with Gasteiger partial charge in [-0.1, -0.05) is 6.07 Å². The van der Waals surface area contributed by atoms with Gasteiger partial charge in [-0.15, -0.1) is 22.7 Å². The Morgan fingerprint density at radius 1 is 1.32 bits per heavy atom. The highest BCUT2D eigenvalue weighted by Crippen LogP contribution is 2.39. The molecule has 120 valence electrons. The topological polar surface area (TPSA) is 49.4 Å². The molecule has 4 nitrogen and oxygen atoms in total. The molecule has 1 atom stereocenters. The third kappa shape index (κ3) is 3.78. The van der Waals surface area contributed by atoms with E-state index in [1.54, 1.807) is 11.3 Å². The van der Waals surface area contributed by atoms with E-state index in [4.69, 9.17) is 0 Å². The van der Waals surface area contributed by atoms with E-state index < -0.39 is 10.0 Å². The SMILES string of the molecule is CS(=O)(=O)NCCCN1CCc2sccc2[C@H]1c1cccs1. The molecule has 0 aliphatic carbocycles. The molecule has 3 rings (SSSR count). The quantitative estimate of drug-likeness (QED) is 0.810. The zero-order valence-electron chi connectivity index (χ0n) is 12.5. The second kappa shape index (κ2) is 6.80. The van der Waals surface area contributed by atoms with Crippen molar-refractivity contribution in [2.45, 2.75) is 18.9 Å². The highest BCUT2D eigenvalue weighted by atomic mass is 32.2. The average Bonchev–Trinajstić information content (AvgIpc) is 3.12. The summed E-state index contributed by atoms with van der Waals surface area (Å²) in [7, 11) is -3.09. The summed E-state index contributed by atoms with van der Waals surface area (Å²) in [5, 5.41) is 4.30. The van der Waals surface area contributed by atoms with Gasteiger partial charge in [0.05, 0.1) is 12.3 Å². The summed E-state index contributed by atoms with van der Waals surface area (Å²) in [6.45, 7) is 2.44. The number of sulfonamides is 1. The second-order valence-corrected chi connectivity index (χ2v) is 9.34. The summed E-state index contributed by atoms with van der Waals surface area (Å²) in [5.74, 6) is 0. The van der Waals surface area contributed by atoms with Crippen LogP contribution in [0.3, 0.4) is 0 Å². The van der Waals surface area contributed by atoms with Crippen molar-refractivity contribution in [2.24, 2.45) is 0 Å². The minimum absolute atomic E-state index is 0.327. The molecular weight excluding hydrogens is 336 g/mol. The molecule has 2 aromatic heterocycles. The van der Waals surface area contributed by atoms with Crippen LogP contribution in [0.15, 0.2) is 29.0 Å². The summed E-state index contributed by atoms with van der Waals surface area (Å²) in [6.07, 6.45) is 3.13. The van der Waals surface area contributed by atoms with Gasteiger partial charge in [-0.2, -0.15) is 0 Å². The number of rotatable bonds is 6. The Morgan fingerprint density at radius 2 is 2.18 bits per heavy atom. The molecule has 0 radical (unpaired) electrons. The summed E-state index contributed by atoms with van der Waals surface area (Å²) in [4.78, 5) is 5.34. The van der Waals surface area contributed by atoms with E-state index in [1.165, 1.54) is 21.6 Å². The lowest BCUT2D eigenvalue weighted by Gasteiger charge is -2.35. The molecule has 7 heteroatoms. The first-order chi connectivity index (χ1) is 10.5. The normalized spacial score (nSPS) is 19.2. The standard InChI is InChI=1S/C15H20N2O2S3/c1-22(18,19)16-7-3-8-17-9-5-13-12(6-11-21-13)15(17)14-4-2-10-20-14/h2,4,6,10-11,15-16H,3,5,7-9H2,1H3/t15-/m0/s1. The molecule has 2 aromatic rings. The fraction of sp³-hybridized carbons (Fsp3) is 0.467. The maximum atomic E-state index is 11.1. The monoisotopic (exact) mass is 356 g/mol. The van der Waals surface area contributed by atoms with Gasteiger partial charge in [0, 0.05) is 29.4 Å². The lowest BCUT2D eigenvalue weighted by Crippen LogP contribution is -2.37. The molecule has 1 aliphatic rings. The minimum atomic E-state index is -3.09. The van der Waals surface area contributed by atoms with Gasteiger partial charge in [-0.3, -0.25) is 4.90 Å². The van der Waals surface area contributed by atoms with Gasteiger partial charge in [0.25, 0.3) is 0 Å². The van der Waals surface area contributed by atoms with Crippen LogP contribution in [0.4, 0.5) is 0 Å². The van der Waals surface area contributed by atoms with Crippen LogP contribution in [0.5, 0.6) is 0 Å². The van der Waals surface area contributed by atoms with Crippen LogP contribution in [0, 0.1) is 0 Å². The molecular formula is C15H20N2O2S3. The summed E-state index contributed by atoms with van der Waals surface area (Å²) >= 11 is 3.64. The van der Waals surface area contributed by atoms with Gasteiger partial charge in [0.2, 0.25) is 10.0 Å². The van der Waals surface area contributed by atoms with Crippen molar-refractivity contribution in [3.8, 4) is 0 Å². The highest BCUT2D eigenvalue weighted by Gasteiger charge is 2.29. The molecule has 0 unspecified atom stereocenters. The third-order valence-corrected chi connectivity index (χ3v) is 6.51. The first-order valence-electron chi connectivity index (χ1n) is 7.33. The zero-order valence-corrected chi connectivity index (χ0v) is 14.9. The number of thiophene rings is 2. The zero-order chi connectivity index (χ0) is 15.6. The molecule has 0 amide bonds. The van der Waals surface area contributed by atoms with Crippen molar-refractivity contribution >= 4 is 32.7 Å². The molecule has 1 N–H and O–H groups in total. The van der Waals surface area contributed by atoms with Gasteiger partial charge in [-0.25, -0.2) is 13.1 Å². The fourth-order valence-corrected chi connectivity index (χ4v) is 5.22. The van der Waals surface area contributed by atoms with Crippen LogP contribution < -0.4 is 4.72 Å². The minimum Gasteiger partial charge on any atom is -0.291 e. The van der Waals surface area contributed by atoms with Crippen LogP contribution in [0.2, 0.25) is 0 Å². The molecule has 0 spiro atoms. The Bertz CT molecular complexity index is 707. The lowest BCUT2D eigenvalue weighted by atomic mass is 9.98. The van der Waals surface area contributed by atoms with Crippen LogP contribution in [-0.4, -0.2) is 39.2 Å². The number of nitrogens with zero attached hydrogens (tertiary/aromatic N) is 1. The highest BCUT2D eigenvalue weighted by molar-refractivity contribution is 7.88. The van der Waals surface area contributed by atoms with Gasteiger partial charge in [0.1, 0.15) is 0 Å². The molecule has 3 heterocycles. The lowest BCUT2D eigenvalue weighted by molar-refractivity contribution is 0.216. The maximum Gasteiger partial charge on any atom is 0.208 e. The third-order valence-electron chi connectivity index (χ3n) is 3.86. The van der Waals surface area contributed by atoms with Crippen LogP contribution >= 0.6 is 22.7 Å². The molecule has 0 saturated heterocycles. The van der Waals surface area contributed by atoms with E-state index in [0.717, 1.165) is 25.9 Å². The Labute approximate surface area is 139 Å². The van der Waals surface area contributed by atoms with Crippen molar-refractivity contribution in [2.75, 3.05) is 25.9 Å². The van der Waals surface area contributed by atoms with E-state index in [2.05, 4.69) is 38.6 Å². The van der Waals surface area contributed by atoms with Gasteiger partial charge in [-0.05, 0) is 41.3 Å². The fourth-order valence-electron chi connectivity index (χ4n) is 2.93. The molecule has 1 aliphatic heterocycles. The molecule has 0 bridgehead atoms. The van der Waals surface area contributed by atoms with E-state index >= 15 is 0 Å². The van der Waals surface area contributed by atoms with Crippen LogP contribution in [0.25, 0.3) is 0 Å². The van der Waals surface area contributed by atoms with Crippen LogP contribution in [-0.2, 0) is 16.4 Å². The average molecular weight is 357 g/mol. The van der Waals surface area contributed by atoms with Crippen molar-refractivity contribution in [1.82, 2.24) is 9.62 Å². The number of fused-ring (bicyclic) bond motifs is 1. The maximum absolute atomic E-state index is 11.1. The number of hydrogen-bond acceptors (Lipinski definition) is 5. The van der Waals surface area contributed by atoms with E-state index in [1.807, 2.05) is 11.3 Å². The Morgan fingerprint density at radius 3 is 2.91 bits per heavy atom. The number of hydrogen-bond donors (Lipinski definition) is 1. The first kappa shape index (κ1) is 16.1. The van der Waals surface area contributed by atoms with Crippen molar-refractivity contribution < 1.29 is 8.42 Å². The number of nitrogens with one attached hydrogen (secondary N) is 1. The van der Waals surface area contributed by atoms with Crippen LogP contribution in [0.1, 0.15) is 27.8 Å². The van der Waals surface area contributed by atoms with E-state index in [-0.39, 0.29) is 0 Å². The summed E-state index contributed by atoms with van der Waals surface area (Å²) < 4.78 is 24.9. The summed E-state index contributed by atoms with van der Waals surface area (Å²) in [6, 6.07) is 6.87. The molecule has 0 aromatic carbocycles. The predicted octanol–water partition coefficient (Wildman–Crippen LogP) is 2.70. The molecule has 0 saturated carbocycles. The predicted molar refractivity (Wildman–Crippen MR) is 93.2 cm³/mol.